The molecule has 1 aliphatic rings. The molecule has 2 atom stereocenters. The maximum absolute atomic E-state index is 5.80. The summed E-state index contributed by atoms with van der Waals surface area (Å²) in [4.78, 5) is 0. The summed E-state index contributed by atoms with van der Waals surface area (Å²) in [6.07, 6.45) is 2.25. The van der Waals surface area contributed by atoms with Crippen molar-refractivity contribution in [1.29, 1.82) is 0 Å². The number of hydrogen-bond acceptors (Lipinski definition) is 2. The van der Waals surface area contributed by atoms with E-state index in [9.17, 15) is 0 Å². The Morgan fingerprint density at radius 3 is 2.50 bits per heavy atom. The quantitative estimate of drug-likeness (QED) is 0.656. The number of hydrazine groups is 1. The summed E-state index contributed by atoms with van der Waals surface area (Å²) in [5.74, 6) is 6.43. The normalized spacial score (nSPS) is 18.2. The predicted molar refractivity (Wildman–Crippen MR) is 83.5 cm³/mol. The van der Waals surface area contributed by atoms with Crippen LogP contribution in [-0.4, -0.2) is 0 Å². The predicted octanol–water partition coefficient (Wildman–Crippen LogP) is 3.54. The lowest BCUT2D eigenvalue weighted by molar-refractivity contribution is 0.435. The molecule has 0 heterocycles. The van der Waals surface area contributed by atoms with Crippen molar-refractivity contribution >= 4 is 0 Å². The lowest BCUT2D eigenvalue weighted by atomic mass is 9.74. The number of hydrogen-bond donors (Lipinski definition) is 2. The maximum atomic E-state index is 5.80. The van der Waals surface area contributed by atoms with Crippen molar-refractivity contribution in [2.45, 2.75) is 38.6 Å². The third-order valence-corrected chi connectivity index (χ3v) is 4.33. The van der Waals surface area contributed by atoms with Gasteiger partial charge in [-0.1, -0.05) is 53.6 Å². The number of nitrogens with one attached hydrogen (secondary N) is 1. The van der Waals surface area contributed by atoms with E-state index < -0.39 is 0 Å². The van der Waals surface area contributed by atoms with Gasteiger partial charge in [0.1, 0.15) is 0 Å². The van der Waals surface area contributed by atoms with Gasteiger partial charge >= 0.3 is 0 Å². The van der Waals surface area contributed by atoms with Gasteiger partial charge in [-0.15, -0.1) is 0 Å². The molecule has 0 amide bonds. The van der Waals surface area contributed by atoms with Gasteiger partial charge in [-0.25, -0.2) is 0 Å². The van der Waals surface area contributed by atoms with E-state index >= 15 is 0 Å². The summed E-state index contributed by atoms with van der Waals surface area (Å²) in [5.41, 5.74) is 9.90. The monoisotopic (exact) mass is 266 g/mol. The van der Waals surface area contributed by atoms with Gasteiger partial charge in [-0.05, 0) is 49.3 Å². The van der Waals surface area contributed by atoms with E-state index in [1.165, 1.54) is 34.2 Å². The fourth-order valence-corrected chi connectivity index (χ4v) is 3.37. The molecule has 2 nitrogen and oxygen atoms in total. The van der Waals surface area contributed by atoms with Gasteiger partial charge in [0.05, 0.1) is 0 Å². The zero-order chi connectivity index (χ0) is 14.1. The molecule has 1 aliphatic carbocycles. The molecule has 3 N–H and O–H groups in total. The molecule has 0 saturated carbocycles. The zero-order valence-electron chi connectivity index (χ0n) is 12.2. The minimum Gasteiger partial charge on any atom is -0.271 e. The van der Waals surface area contributed by atoms with Crippen LogP contribution in [0.2, 0.25) is 0 Å². The topological polar surface area (TPSA) is 38.0 Å². The van der Waals surface area contributed by atoms with Crippen LogP contribution in [0.3, 0.4) is 0 Å². The van der Waals surface area contributed by atoms with Gasteiger partial charge in [0, 0.05) is 6.04 Å². The van der Waals surface area contributed by atoms with E-state index in [1.54, 1.807) is 0 Å². The number of aryl methyl sites for hydroxylation is 2. The van der Waals surface area contributed by atoms with Crippen molar-refractivity contribution < 1.29 is 0 Å². The zero-order valence-corrected chi connectivity index (χ0v) is 12.2. The molecule has 20 heavy (non-hydrogen) atoms. The second-order valence-electron chi connectivity index (χ2n) is 5.98. The average Bonchev–Trinajstić information content (AvgIpc) is 2.39. The van der Waals surface area contributed by atoms with Crippen LogP contribution in [0.25, 0.3) is 0 Å². The first-order valence-electron chi connectivity index (χ1n) is 7.29. The van der Waals surface area contributed by atoms with Crippen LogP contribution in [-0.2, 0) is 6.42 Å². The van der Waals surface area contributed by atoms with Crippen LogP contribution in [0.4, 0.5) is 0 Å². The second kappa shape index (κ2) is 5.39. The summed E-state index contributed by atoms with van der Waals surface area (Å²) in [6.45, 7) is 4.28. The Kier molecular flexibility index (Phi) is 3.60. The fourth-order valence-electron chi connectivity index (χ4n) is 3.37. The Balaban J connectivity index is 1.79. The highest BCUT2D eigenvalue weighted by Crippen LogP contribution is 2.40. The average molecular weight is 266 g/mol. The van der Waals surface area contributed by atoms with Gasteiger partial charge in [0.2, 0.25) is 0 Å². The molecule has 0 aliphatic heterocycles. The molecule has 104 valence electrons. The van der Waals surface area contributed by atoms with Gasteiger partial charge in [0.25, 0.3) is 0 Å². The molecule has 2 aromatic carbocycles. The van der Waals surface area contributed by atoms with Crippen LogP contribution >= 0.6 is 0 Å². The molecule has 0 fully saturated rings. The van der Waals surface area contributed by atoms with E-state index in [2.05, 4.69) is 61.7 Å². The summed E-state index contributed by atoms with van der Waals surface area (Å²) < 4.78 is 0. The van der Waals surface area contributed by atoms with Crippen molar-refractivity contribution in [3.05, 3.63) is 70.3 Å². The Morgan fingerprint density at radius 2 is 1.85 bits per heavy atom. The Labute approximate surface area is 121 Å². The molecule has 2 aromatic rings. The third kappa shape index (κ3) is 2.49. The third-order valence-electron chi connectivity index (χ3n) is 4.33. The maximum Gasteiger partial charge on any atom is 0.0466 e. The first kappa shape index (κ1) is 13.3. The standard InChI is InChI=1S/C18H22N2/c1-12-7-13(2)9-16(8-12)18(20-19)11-15-10-14-5-3-4-6-17(14)15/h3-9,15,18,20H,10-11,19H2,1-2H3. The number of rotatable bonds is 4. The first-order valence-corrected chi connectivity index (χ1v) is 7.29. The molecule has 2 heteroatoms. The fraction of sp³-hybridized carbons (Fsp3) is 0.333. The Bertz CT molecular complexity index is 598. The van der Waals surface area contributed by atoms with Crippen LogP contribution in [0.5, 0.6) is 0 Å². The minimum atomic E-state index is 0.229. The van der Waals surface area contributed by atoms with E-state index in [1.807, 2.05) is 0 Å². The summed E-state index contributed by atoms with van der Waals surface area (Å²) in [7, 11) is 0. The summed E-state index contributed by atoms with van der Waals surface area (Å²) in [5, 5.41) is 0. The largest absolute Gasteiger partial charge is 0.271 e. The number of nitrogens with two attached hydrogens (primary N) is 1. The number of benzene rings is 2. The van der Waals surface area contributed by atoms with Crippen molar-refractivity contribution in [1.82, 2.24) is 5.43 Å². The first-order chi connectivity index (χ1) is 9.67. The summed E-state index contributed by atoms with van der Waals surface area (Å²) >= 11 is 0. The van der Waals surface area contributed by atoms with Gasteiger partial charge < -0.3 is 0 Å². The molecule has 0 bridgehead atoms. The highest BCUT2D eigenvalue weighted by Gasteiger charge is 2.28. The molecule has 0 radical (unpaired) electrons. The Hall–Kier alpha value is -1.64. The van der Waals surface area contributed by atoms with E-state index in [0.717, 1.165) is 6.42 Å². The molecular weight excluding hydrogens is 244 g/mol. The highest BCUT2D eigenvalue weighted by atomic mass is 15.2. The number of fused-ring (bicyclic) bond motifs is 1. The van der Waals surface area contributed by atoms with Crippen molar-refractivity contribution in [3.8, 4) is 0 Å². The van der Waals surface area contributed by atoms with Crippen LogP contribution in [0.15, 0.2) is 42.5 Å². The van der Waals surface area contributed by atoms with Crippen molar-refractivity contribution in [3.63, 3.8) is 0 Å². The van der Waals surface area contributed by atoms with E-state index in [0.29, 0.717) is 5.92 Å². The van der Waals surface area contributed by atoms with Crippen LogP contribution < -0.4 is 11.3 Å². The van der Waals surface area contributed by atoms with Gasteiger partial charge in [0.15, 0.2) is 0 Å². The smallest absolute Gasteiger partial charge is 0.0466 e. The van der Waals surface area contributed by atoms with Gasteiger partial charge in [-0.3, -0.25) is 11.3 Å². The molecule has 0 saturated heterocycles. The lowest BCUT2D eigenvalue weighted by Crippen LogP contribution is -2.31. The molecule has 0 aromatic heterocycles. The minimum absolute atomic E-state index is 0.229. The molecule has 3 rings (SSSR count). The van der Waals surface area contributed by atoms with Gasteiger partial charge in [-0.2, -0.15) is 0 Å². The van der Waals surface area contributed by atoms with E-state index in [-0.39, 0.29) is 6.04 Å². The van der Waals surface area contributed by atoms with Crippen molar-refractivity contribution in [2.24, 2.45) is 5.84 Å². The van der Waals surface area contributed by atoms with Crippen molar-refractivity contribution in [2.75, 3.05) is 0 Å². The Morgan fingerprint density at radius 1 is 1.15 bits per heavy atom. The molecule has 2 unspecified atom stereocenters. The van der Waals surface area contributed by atoms with Crippen LogP contribution in [0.1, 0.15) is 46.2 Å². The highest BCUT2D eigenvalue weighted by molar-refractivity contribution is 5.40. The SMILES string of the molecule is Cc1cc(C)cc(C(CC2Cc3ccccc32)NN)c1. The van der Waals surface area contributed by atoms with E-state index in [4.69, 9.17) is 5.84 Å². The molecule has 0 spiro atoms. The molecular formula is C18H22N2. The lowest BCUT2D eigenvalue weighted by Gasteiger charge is -2.33. The second-order valence-corrected chi connectivity index (χ2v) is 5.98. The van der Waals surface area contributed by atoms with Crippen LogP contribution in [0, 0.1) is 13.8 Å². The summed E-state index contributed by atoms with van der Waals surface area (Å²) in [6, 6.07) is 15.6.